The van der Waals surface area contributed by atoms with E-state index in [1.165, 1.54) is 21.8 Å². The zero-order chi connectivity index (χ0) is 21.3. The zero-order valence-electron chi connectivity index (χ0n) is 15.4. The number of aromatic nitrogens is 1. The summed E-state index contributed by atoms with van der Waals surface area (Å²) >= 11 is 7.15. The largest absolute Gasteiger partial charge is 0.510 e. The van der Waals surface area contributed by atoms with Crippen molar-refractivity contribution in [3.63, 3.8) is 0 Å². The summed E-state index contributed by atoms with van der Waals surface area (Å²) in [6.07, 6.45) is 1.54. The molecule has 154 valence electrons. The average Bonchev–Trinajstić information content (AvgIpc) is 3.18. The number of carbonyl (C=O) groups excluding carboxylic acids is 1. The second kappa shape index (κ2) is 8.10. The van der Waals surface area contributed by atoms with E-state index in [-0.39, 0.29) is 12.1 Å². The van der Waals surface area contributed by atoms with Gasteiger partial charge in [0.15, 0.2) is 5.13 Å². The number of aliphatic hydroxyl groups is 1. The molecular formula is C20H16ClN3O4S2. The SMILES string of the molecule is O=C(Nc1nccs1)C1=C(O)CS(=O)(=O)N(Cc2ccc(Cl)cc2)c2ccccc21. The van der Waals surface area contributed by atoms with Gasteiger partial charge in [-0.1, -0.05) is 41.9 Å². The van der Waals surface area contributed by atoms with Crippen LogP contribution in [-0.2, 0) is 21.4 Å². The Morgan fingerprint density at radius 1 is 1.20 bits per heavy atom. The third kappa shape index (κ3) is 4.04. The standard InChI is InChI=1S/C20H16ClN3O4S2/c21-14-7-5-13(6-8-14)11-24-16-4-2-1-3-15(16)18(17(25)12-30(24,27)28)19(26)23-20-22-9-10-29-20/h1-10,25H,11-12H2,(H,22,23,26). The molecule has 1 aromatic heterocycles. The van der Waals surface area contributed by atoms with Crippen LogP contribution in [-0.4, -0.2) is 30.2 Å². The molecule has 7 nitrogen and oxygen atoms in total. The van der Waals surface area contributed by atoms with Crippen molar-refractivity contribution in [2.75, 3.05) is 15.4 Å². The molecule has 0 bridgehead atoms. The first-order chi connectivity index (χ1) is 14.3. The summed E-state index contributed by atoms with van der Waals surface area (Å²) < 4.78 is 27.4. The number of nitrogens with one attached hydrogen (secondary N) is 1. The molecule has 10 heteroatoms. The van der Waals surface area contributed by atoms with Crippen LogP contribution in [0.2, 0.25) is 5.02 Å². The fourth-order valence-electron chi connectivity index (χ4n) is 3.17. The number of rotatable bonds is 4. The lowest BCUT2D eigenvalue weighted by molar-refractivity contribution is -0.111. The van der Waals surface area contributed by atoms with Crippen LogP contribution in [0.3, 0.4) is 0 Å². The summed E-state index contributed by atoms with van der Waals surface area (Å²) in [7, 11) is -3.96. The molecule has 0 radical (unpaired) electrons. The third-order valence-electron chi connectivity index (χ3n) is 4.50. The highest BCUT2D eigenvalue weighted by Crippen LogP contribution is 2.36. The molecule has 4 rings (SSSR count). The van der Waals surface area contributed by atoms with Crippen LogP contribution in [0.5, 0.6) is 0 Å². The van der Waals surface area contributed by atoms with Crippen LogP contribution in [0.25, 0.3) is 5.57 Å². The number of benzene rings is 2. The third-order valence-corrected chi connectivity index (χ3v) is 7.08. The van der Waals surface area contributed by atoms with Crippen LogP contribution < -0.4 is 9.62 Å². The van der Waals surface area contributed by atoms with Crippen molar-refractivity contribution < 1.29 is 18.3 Å². The molecule has 1 amide bonds. The summed E-state index contributed by atoms with van der Waals surface area (Å²) in [6.45, 7) is 0.0329. The molecule has 30 heavy (non-hydrogen) atoms. The van der Waals surface area contributed by atoms with Gasteiger partial charge in [0.2, 0.25) is 10.0 Å². The smallest absolute Gasteiger partial charge is 0.261 e. The number of amides is 1. The predicted octanol–water partition coefficient (Wildman–Crippen LogP) is 4.05. The maximum absolute atomic E-state index is 13.1. The van der Waals surface area contributed by atoms with Gasteiger partial charge in [0.1, 0.15) is 11.5 Å². The van der Waals surface area contributed by atoms with Gasteiger partial charge >= 0.3 is 0 Å². The topological polar surface area (TPSA) is 99.6 Å². The first-order valence-electron chi connectivity index (χ1n) is 8.82. The number of para-hydroxylation sites is 1. The van der Waals surface area contributed by atoms with Gasteiger partial charge in [-0.2, -0.15) is 0 Å². The van der Waals surface area contributed by atoms with Crippen molar-refractivity contribution >= 4 is 55.3 Å². The Morgan fingerprint density at radius 2 is 1.93 bits per heavy atom. The van der Waals surface area contributed by atoms with Gasteiger partial charge in [-0.3, -0.25) is 14.4 Å². The van der Waals surface area contributed by atoms with E-state index in [2.05, 4.69) is 10.3 Å². The molecule has 0 saturated carbocycles. The highest BCUT2D eigenvalue weighted by molar-refractivity contribution is 7.93. The molecule has 0 spiro atoms. The maximum Gasteiger partial charge on any atom is 0.261 e. The normalized spacial score (nSPS) is 15.4. The number of hydrogen-bond acceptors (Lipinski definition) is 6. The Balaban J connectivity index is 1.79. The monoisotopic (exact) mass is 461 g/mol. The van der Waals surface area contributed by atoms with Gasteiger partial charge in [0.05, 0.1) is 17.8 Å². The van der Waals surface area contributed by atoms with Crippen LogP contribution in [0.15, 0.2) is 65.9 Å². The molecule has 0 saturated heterocycles. The van der Waals surface area contributed by atoms with Crippen LogP contribution in [0.4, 0.5) is 10.8 Å². The number of nitrogens with zero attached hydrogens (tertiary/aromatic N) is 2. The fourth-order valence-corrected chi connectivity index (χ4v) is 5.27. The van der Waals surface area contributed by atoms with Gasteiger partial charge in [-0.15, -0.1) is 11.3 Å². The molecule has 0 atom stereocenters. The Bertz CT molecular complexity index is 1220. The second-order valence-corrected chi connectivity index (χ2v) is 9.74. The van der Waals surface area contributed by atoms with E-state index in [0.29, 0.717) is 27.0 Å². The van der Waals surface area contributed by atoms with Gasteiger partial charge in [-0.05, 0) is 23.8 Å². The number of fused-ring (bicyclic) bond motifs is 1. The first kappa shape index (κ1) is 20.4. The van der Waals surface area contributed by atoms with Crippen molar-refractivity contribution in [1.29, 1.82) is 0 Å². The summed E-state index contributed by atoms with van der Waals surface area (Å²) in [5.41, 5.74) is 1.25. The molecule has 2 heterocycles. The quantitative estimate of drug-likeness (QED) is 0.610. The van der Waals surface area contributed by atoms with Crippen molar-refractivity contribution in [2.24, 2.45) is 0 Å². The number of thiazole rings is 1. The van der Waals surface area contributed by atoms with Gasteiger partial charge in [0.25, 0.3) is 5.91 Å². The van der Waals surface area contributed by atoms with Crippen molar-refractivity contribution in [1.82, 2.24) is 4.98 Å². The molecular weight excluding hydrogens is 446 g/mol. The highest BCUT2D eigenvalue weighted by atomic mass is 35.5. The van der Waals surface area contributed by atoms with E-state index in [4.69, 9.17) is 11.6 Å². The second-order valence-electron chi connectivity index (χ2n) is 6.52. The summed E-state index contributed by atoms with van der Waals surface area (Å²) in [5, 5.41) is 15.8. The van der Waals surface area contributed by atoms with Crippen molar-refractivity contribution in [3.05, 3.63) is 82.0 Å². The molecule has 3 aromatic rings. The molecule has 0 fully saturated rings. The number of aliphatic hydroxyl groups excluding tert-OH is 1. The minimum absolute atomic E-state index is 0.0329. The van der Waals surface area contributed by atoms with E-state index in [9.17, 15) is 18.3 Å². The van der Waals surface area contributed by atoms with Crippen molar-refractivity contribution in [2.45, 2.75) is 6.54 Å². The number of carbonyl (C=O) groups is 1. The van der Waals surface area contributed by atoms with Gasteiger partial charge < -0.3 is 5.11 Å². The lowest BCUT2D eigenvalue weighted by atomic mass is 10.0. The maximum atomic E-state index is 13.1. The molecule has 1 aliphatic heterocycles. The van der Waals surface area contributed by atoms with Crippen LogP contribution >= 0.6 is 22.9 Å². The lowest BCUT2D eigenvalue weighted by Crippen LogP contribution is -2.32. The number of anilines is 2. The summed E-state index contributed by atoms with van der Waals surface area (Å²) in [4.78, 5) is 16.9. The zero-order valence-corrected chi connectivity index (χ0v) is 17.8. The van der Waals surface area contributed by atoms with Crippen LogP contribution in [0.1, 0.15) is 11.1 Å². The predicted molar refractivity (Wildman–Crippen MR) is 118 cm³/mol. The minimum atomic E-state index is -3.96. The van der Waals surface area contributed by atoms with E-state index < -0.39 is 27.4 Å². The number of sulfonamides is 1. The molecule has 2 aromatic carbocycles. The van der Waals surface area contributed by atoms with Gasteiger partial charge in [0, 0.05) is 22.2 Å². The van der Waals surface area contributed by atoms with E-state index in [1.54, 1.807) is 53.9 Å². The minimum Gasteiger partial charge on any atom is -0.510 e. The summed E-state index contributed by atoms with van der Waals surface area (Å²) in [5.74, 6) is -1.84. The molecule has 0 aliphatic carbocycles. The summed E-state index contributed by atoms with van der Waals surface area (Å²) in [6, 6.07) is 13.4. The molecule has 2 N–H and O–H groups in total. The Hall–Kier alpha value is -2.88. The molecule has 0 unspecified atom stereocenters. The fraction of sp³-hybridized carbons (Fsp3) is 0.100. The Kier molecular flexibility index (Phi) is 5.50. The number of hydrogen-bond donors (Lipinski definition) is 2. The van der Waals surface area contributed by atoms with Crippen molar-refractivity contribution in [3.8, 4) is 0 Å². The molecule has 1 aliphatic rings. The van der Waals surface area contributed by atoms with E-state index >= 15 is 0 Å². The van der Waals surface area contributed by atoms with Crippen LogP contribution in [0, 0.1) is 0 Å². The van der Waals surface area contributed by atoms with Gasteiger partial charge in [-0.25, -0.2) is 13.4 Å². The highest BCUT2D eigenvalue weighted by Gasteiger charge is 2.34. The first-order valence-corrected chi connectivity index (χ1v) is 11.7. The lowest BCUT2D eigenvalue weighted by Gasteiger charge is -2.24. The number of halogens is 1. The average molecular weight is 462 g/mol. The Morgan fingerprint density at radius 3 is 2.63 bits per heavy atom. The Labute approximate surface area is 182 Å². The van der Waals surface area contributed by atoms with E-state index in [1.807, 2.05) is 0 Å². The van der Waals surface area contributed by atoms with E-state index in [0.717, 1.165) is 0 Å².